The summed E-state index contributed by atoms with van der Waals surface area (Å²) in [5, 5.41) is 10.3. The van der Waals surface area contributed by atoms with Crippen molar-refractivity contribution >= 4 is 5.82 Å². The summed E-state index contributed by atoms with van der Waals surface area (Å²) < 4.78 is 37.3. The fourth-order valence-corrected chi connectivity index (χ4v) is 2.43. The van der Waals surface area contributed by atoms with Crippen molar-refractivity contribution in [2.45, 2.75) is 25.9 Å². The van der Waals surface area contributed by atoms with Gasteiger partial charge < -0.3 is 10.2 Å². The second kappa shape index (κ2) is 6.39. The van der Waals surface area contributed by atoms with Crippen LogP contribution in [-0.4, -0.2) is 36.4 Å². The van der Waals surface area contributed by atoms with Crippen LogP contribution in [0.4, 0.5) is 19.0 Å². The fourth-order valence-electron chi connectivity index (χ4n) is 2.43. The molecule has 1 N–H and O–H groups in total. The van der Waals surface area contributed by atoms with E-state index >= 15 is 0 Å². The Morgan fingerprint density at radius 3 is 2.75 bits per heavy atom. The van der Waals surface area contributed by atoms with Crippen LogP contribution in [0, 0.1) is 5.92 Å². The van der Waals surface area contributed by atoms with E-state index < -0.39 is 11.9 Å². The average Bonchev–Trinajstić information content (AvgIpc) is 2.45. The van der Waals surface area contributed by atoms with Crippen molar-refractivity contribution < 1.29 is 13.2 Å². The van der Waals surface area contributed by atoms with Crippen molar-refractivity contribution in [1.29, 1.82) is 0 Å². The van der Waals surface area contributed by atoms with Gasteiger partial charge >= 0.3 is 6.18 Å². The third kappa shape index (κ3) is 3.82. The molecular weight excluding hydrogens is 269 g/mol. The summed E-state index contributed by atoms with van der Waals surface area (Å²) in [6.07, 6.45) is -2.27. The molecular formula is C13H19F3N4. The maximum absolute atomic E-state index is 12.4. The van der Waals surface area contributed by atoms with Crippen LogP contribution in [0.25, 0.3) is 0 Å². The number of aromatic nitrogens is 2. The minimum atomic E-state index is -4.43. The molecule has 1 aliphatic rings. The van der Waals surface area contributed by atoms with Crippen LogP contribution in [0.1, 0.15) is 25.5 Å². The van der Waals surface area contributed by atoms with Gasteiger partial charge in [0.15, 0.2) is 11.5 Å². The number of alkyl halides is 3. The number of nitrogens with one attached hydrogen (secondary N) is 1. The molecule has 1 unspecified atom stereocenters. The first-order valence-corrected chi connectivity index (χ1v) is 6.87. The lowest BCUT2D eigenvalue weighted by atomic mass is 9.98. The Labute approximate surface area is 116 Å². The van der Waals surface area contributed by atoms with Crippen molar-refractivity contribution in [3.63, 3.8) is 0 Å². The van der Waals surface area contributed by atoms with E-state index in [0.29, 0.717) is 11.7 Å². The van der Waals surface area contributed by atoms with E-state index in [4.69, 9.17) is 0 Å². The smallest absolute Gasteiger partial charge is 0.355 e. The summed E-state index contributed by atoms with van der Waals surface area (Å²) in [4.78, 5) is 2.01. The number of halogens is 3. The third-order valence-electron chi connectivity index (χ3n) is 3.47. The lowest BCUT2D eigenvalue weighted by molar-refractivity contribution is -0.141. The summed E-state index contributed by atoms with van der Waals surface area (Å²) in [6.45, 7) is 5.55. The molecule has 1 aliphatic heterocycles. The second-order valence-electron chi connectivity index (χ2n) is 5.04. The summed E-state index contributed by atoms with van der Waals surface area (Å²) in [7, 11) is 0. The van der Waals surface area contributed by atoms with Crippen LogP contribution in [0.3, 0.4) is 0 Å². The first-order chi connectivity index (χ1) is 9.50. The van der Waals surface area contributed by atoms with Crippen molar-refractivity contribution in [2.24, 2.45) is 5.92 Å². The van der Waals surface area contributed by atoms with Crippen LogP contribution in [0.2, 0.25) is 0 Å². The van der Waals surface area contributed by atoms with Gasteiger partial charge in [0, 0.05) is 13.1 Å². The Morgan fingerprint density at radius 2 is 2.15 bits per heavy atom. The van der Waals surface area contributed by atoms with Gasteiger partial charge in [-0.3, -0.25) is 0 Å². The van der Waals surface area contributed by atoms with Crippen molar-refractivity contribution in [1.82, 2.24) is 15.5 Å². The predicted molar refractivity (Wildman–Crippen MR) is 70.5 cm³/mol. The number of hydrogen-bond acceptors (Lipinski definition) is 4. The molecule has 7 heteroatoms. The van der Waals surface area contributed by atoms with Crippen LogP contribution < -0.4 is 10.2 Å². The van der Waals surface area contributed by atoms with Gasteiger partial charge in [-0.2, -0.15) is 13.2 Å². The Hall–Kier alpha value is -1.37. The molecule has 4 nitrogen and oxygen atoms in total. The second-order valence-corrected chi connectivity index (χ2v) is 5.04. The molecule has 1 aromatic heterocycles. The molecule has 1 saturated heterocycles. The summed E-state index contributed by atoms with van der Waals surface area (Å²) in [5.74, 6) is 1.03. The lowest BCUT2D eigenvalue weighted by Crippen LogP contribution is -2.40. The van der Waals surface area contributed by atoms with Gasteiger partial charge in [-0.25, -0.2) is 0 Å². The van der Waals surface area contributed by atoms with E-state index in [0.717, 1.165) is 45.1 Å². The van der Waals surface area contributed by atoms with E-state index in [1.165, 1.54) is 6.07 Å². The molecule has 0 aliphatic carbocycles. The Morgan fingerprint density at radius 1 is 1.35 bits per heavy atom. The quantitative estimate of drug-likeness (QED) is 0.923. The zero-order chi connectivity index (χ0) is 14.6. The number of nitrogens with zero attached hydrogens (tertiary/aromatic N) is 3. The molecule has 0 saturated carbocycles. The monoisotopic (exact) mass is 288 g/mol. The number of hydrogen-bond donors (Lipinski definition) is 1. The molecule has 0 spiro atoms. The van der Waals surface area contributed by atoms with Crippen molar-refractivity contribution in [2.75, 3.05) is 31.1 Å². The highest BCUT2D eigenvalue weighted by Gasteiger charge is 2.33. The van der Waals surface area contributed by atoms with E-state index in [9.17, 15) is 13.2 Å². The first-order valence-electron chi connectivity index (χ1n) is 6.87. The molecule has 20 heavy (non-hydrogen) atoms. The maximum atomic E-state index is 12.4. The van der Waals surface area contributed by atoms with E-state index in [2.05, 4.69) is 22.4 Å². The topological polar surface area (TPSA) is 41.0 Å². The summed E-state index contributed by atoms with van der Waals surface area (Å²) in [5.41, 5.74) is -0.942. The lowest BCUT2D eigenvalue weighted by Gasteiger charge is -2.33. The Kier molecular flexibility index (Phi) is 4.80. The minimum absolute atomic E-state index is 0.507. The summed E-state index contributed by atoms with van der Waals surface area (Å²) in [6, 6.07) is 2.40. The third-order valence-corrected chi connectivity index (χ3v) is 3.47. The molecule has 1 aromatic rings. The average molecular weight is 288 g/mol. The van der Waals surface area contributed by atoms with E-state index in [1.54, 1.807) is 0 Å². The van der Waals surface area contributed by atoms with Gasteiger partial charge in [0.1, 0.15) is 0 Å². The number of anilines is 1. The minimum Gasteiger partial charge on any atom is -0.355 e. The highest BCUT2D eigenvalue weighted by atomic mass is 19.4. The van der Waals surface area contributed by atoms with Crippen LogP contribution in [0.15, 0.2) is 12.1 Å². The highest BCUT2D eigenvalue weighted by molar-refractivity contribution is 5.38. The number of rotatable bonds is 4. The zero-order valence-corrected chi connectivity index (χ0v) is 11.5. The standard InChI is InChI=1S/C13H19F3N4/c1-2-17-8-10-4-3-7-20(9-10)12-6-5-11(18-19-12)13(14,15)16/h5-6,10,17H,2-4,7-9H2,1H3. The number of piperidine rings is 1. The van der Waals surface area contributed by atoms with Gasteiger partial charge in [-0.05, 0) is 44.0 Å². The normalized spacial score (nSPS) is 20.2. The summed E-state index contributed by atoms with van der Waals surface area (Å²) >= 11 is 0. The first kappa shape index (κ1) is 15.0. The molecule has 1 fully saturated rings. The largest absolute Gasteiger partial charge is 0.435 e. The Balaban J connectivity index is 2.00. The molecule has 2 rings (SSSR count). The molecule has 112 valence electrons. The van der Waals surface area contributed by atoms with E-state index in [-0.39, 0.29) is 0 Å². The predicted octanol–water partition coefficient (Wildman–Crippen LogP) is 2.32. The van der Waals surface area contributed by atoms with Gasteiger partial charge in [0.05, 0.1) is 0 Å². The SMILES string of the molecule is CCNCC1CCCN(c2ccc(C(F)(F)F)nn2)C1. The molecule has 0 bridgehead atoms. The molecule has 0 aromatic carbocycles. The Bertz CT molecular complexity index is 419. The van der Waals surface area contributed by atoms with Crippen molar-refractivity contribution in [3.05, 3.63) is 17.8 Å². The zero-order valence-electron chi connectivity index (χ0n) is 11.5. The molecule has 0 amide bonds. The van der Waals surface area contributed by atoms with Gasteiger partial charge in [-0.15, -0.1) is 10.2 Å². The van der Waals surface area contributed by atoms with Gasteiger partial charge in [0.25, 0.3) is 0 Å². The van der Waals surface area contributed by atoms with Crippen molar-refractivity contribution in [3.8, 4) is 0 Å². The highest BCUT2D eigenvalue weighted by Crippen LogP contribution is 2.28. The van der Waals surface area contributed by atoms with Crippen LogP contribution in [-0.2, 0) is 6.18 Å². The molecule has 0 radical (unpaired) electrons. The van der Waals surface area contributed by atoms with Gasteiger partial charge in [-0.1, -0.05) is 6.92 Å². The van der Waals surface area contributed by atoms with Crippen LogP contribution in [0.5, 0.6) is 0 Å². The molecule has 2 heterocycles. The van der Waals surface area contributed by atoms with E-state index in [1.807, 2.05) is 4.90 Å². The molecule has 1 atom stereocenters. The van der Waals surface area contributed by atoms with Gasteiger partial charge in [0.2, 0.25) is 0 Å². The maximum Gasteiger partial charge on any atom is 0.435 e. The van der Waals surface area contributed by atoms with Crippen LogP contribution >= 0.6 is 0 Å². The fraction of sp³-hybridized carbons (Fsp3) is 0.692.